The Kier molecular flexibility index (Phi) is 5.88. The van der Waals surface area contributed by atoms with Crippen LogP contribution in [0.15, 0.2) is 72.6 Å². The fraction of sp³-hybridized carbons (Fsp3) is 0.115. The first-order valence-electron chi connectivity index (χ1n) is 11.0. The van der Waals surface area contributed by atoms with Crippen LogP contribution in [-0.4, -0.2) is 33.1 Å². The van der Waals surface area contributed by atoms with Gasteiger partial charge < -0.3 is 21.8 Å². The normalized spacial score (nSPS) is 14.3. The van der Waals surface area contributed by atoms with Gasteiger partial charge in [0.1, 0.15) is 23.8 Å². The van der Waals surface area contributed by atoms with Crippen LogP contribution in [0, 0.1) is 5.82 Å². The van der Waals surface area contributed by atoms with Crippen molar-refractivity contribution in [3.63, 3.8) is 0 Å². The summed E-state index contributed by atoms with van der Waals surface area (Å²) in [6, 6.07) is 16.0. The van der Waals surface area contributed by atoms with E-state index in [0.29, 0.717) is 29.8 Å². The predicted molar refractivity (Wildman–Crippen MR) is 134 cm³/mol. The number of carbonyl (C=O) groups is 1. The molecular formula is C26H21FN7O-. The maximum atomic E-state index is 14.7. The summed E-state index contributed by atoms with van der Waals surface area (Å²) in [4.78, 5) is 24.9. The van der Waals surface area contributed by atoms with Crippen LogP contribution in [0.4, 0.5) is 16.0 Å². The number of hydrogen-bond donors (Lipinski definition) is 3. The minimum absolute atomic E-state index is 0.0567. The van der Waals surface area contributed by atoms with Gasteiger partial charge >= 0.3 is 0 Å². The maximum absolute atomic E-state index is 14.7. The molecule has 35 heavy (non-hydrogen) atoms. The average molecular weight is 467 g/mol. The van der Waals surface area contributed by atoms with E-state index >= 15 is 0 Å². The molecule has 1 aliphatic rings. The Hall–Kier alpha value is -4.66. The van der Waals surface area contributed by atoms with Crippen molar-refractivity contribution in [2.45, 2.75) is 13.0 Å². The van der Waals surface area contributed by atoms with Crippen LogP contribution < -0.4 is 16.4 Å². The Labute approximate surface area is 200 Å². The van der Waals surface area contributed by atoms with E-state index in [4.69, 9.17) is 10.7 Å². The number of fused-ring (bicyclic) bond motifs is 1. The maximum Gasteiger partial charge on any atom is 0.247 e. The lowest BCUT2D eigenvalue weighted by Crippen LogP contribution is -2.16. The van der Waals surface area contributed by atoms with E-state index in [9.17, 15) is 14.6 Å². The molecule has 0 spiro atoms. The average Bonchev–Trinajstić information content (AvgIpc) is 3.26. The fourth-order valence-corrected chi connectivity index (χ4v) is 4.06. The summed E-state index contributed by atoms with van der Waals surface area (Å²) < 4.78 is 14.7. The molecule has 4 aromatic rings. The second-order valence-corrected chi connectivity index (χ2v) is 8.07. The molecule has 174 valence electrons. The van der Waals surface area contributed by atoms with Gasteiger partial charge in [0, 0.05) is 35.2 Å². The highest BCUT2D eigenvalue weighted by atomic mass is 19.1. The number of halogens is 1. The first-order valence-corrected chi connectivity index (χ1v) is 11.0. The van der Waals surface area contributed by atoms with Gasteiger partial charge in [-0.3, -0.25) is 4.79 Å². The van der Waals surface area contributed by atoms with E-state index < -0.39 is 0 Å². The van der Waals surface area contributed by atoms with Crippen molar-refractivity contribution in [1.82, 2.24) is 20.3 Å². The summed E-state index contributed by atoms with van der Waals surface area (Å²) in [6.45, 7) is 0.729. The number of para-hydroxylation sites is 1. The molecule has 5 rings (SSSR count). The van der Waals surface area contributed by atoms with E-state index in [0.717, 1.165) is 16.5 Å². The molecule has 0 unspecified atom stereocenters. The van der Waals surface area contributed by atoms with Crippen LogP contribution in [0.5, 0.6) is 0 Å². The first-order chi connectivity index (χ1) is 17.0. The topological polar surface area (TPSA) is 128 Å². The molecule has 1 fully saturated rings. The van der Waals surface area contributed by atoms with Gasteiger partial charge in [0.15, 0.2) is 0 Å². The Morgan fingerprint density at radius 2 is 1.97 bits per heavy atom. The van der Waals surface area contributed by atoms with E-state index in [1.54, 1.807) is 18.2 Å². The summed E-state index contributed by atoms with van der Waals surface area (Å²) in [6.07, 6.45) is 3.15. The summed E-state index contributed by atoms with van der Waals surface area (Å²) in [5.74, 6) is -0.284. The van der Waals surface area contributed by atoms with Gasteiger partial charge in [-0.1, -0.05) is 36.4 Å². The smallest absolute Gasteiger partial charge is 0.247 e. The summed E-state index contributed by atoms with van der Waals surface area (Å²) in [5, 5.41) is 17.5. The van der Waals surface area contributed by atoms with Crippen LogP contribution in [0.25, 0.3) is 27.6 Å². The molecule has 0 aliphatic carbocycles. The van der Waals surface area contributed by atoms with Gasteiger partial charge in [-0.25, -0.2) is 19.3 Å². The van der Waals surface area contributed by atoms with Gasteiger partial charge in [0.2, 0.25) is 5.91 Å². The van der Waals surface area contributed by atoms with Gasteiger partial charge in [0.05, 0.1) is 11.2 Å². The molecule has 1 saturated heterocycles. The SMILES string of the molecule is [N-]=C(/C=C1/CCNC1=O)c1c(N)ncnc1NCc1cc2ccccc2nc1-c1ccccc1F. The largest absolute Gasteiger partial charge is 0.803 e. The lowest BCUT2D eigenvalue weighted by Gasteiger charge is -2.18. The van der Waals surface area contributed by atoms with E-state index in [1.807, 2.05) is 30.3 Å². The third-order valence-corrected chi connectivity index (χ3v) is 5.79. The predicted octanol–water partition coefficient (Wildman–Crippen LogP) is 3.83. The quantitative estimate of drug-likeness (QED) is 0.293. The third kappa shape index (κ3) is 4.43. The number of allylic oxidation sites excluding steroid dienone is 1. The van der Waals surface area contributed by atoms with Crippen molar-refractivity contribution >= 4 is 34.2 Å². The number of pyridine rings is 1. The fourth-order valence-electron chi connectivity index (χ4n) is 4.06. The van der Waals surface area contributed by atoms with E-state index in [-0.39, 0.29) is 41.2 Å². The Morgan fingerprint density at radius 3 is 2.77 bits per heavy atom. The number of nitrogens with zero attached hydrogens (tertiary/aromatic N) is 4. The summed E-state index contributed by atoms with van der Waals surface area (Å²) >= 11 is 0. The number of benzene rings is 2. The van der Waals surface area contributed by atoms with Crippen LogP contribution in [-0.2, 0) is 11.3 Å². The van der Waals surface area contributed by atoms with Crippen LogP contribution in [0.3, 0.4) is 0 Å². The molecular weight excluding hydrogens is 445 g/mol. The van der Waals surface area contributed by atoms with Crippen molar-refractivity contribution in [2.75, 3.05) is 17.6 Å². The molecule has 8 nitrogen and oxygen atoms in total. The summed E-state index contributed by atoms with van der Waals surface area (Å²) in [5.41, 5.74) is 8.80. The Bertz CT molecular complexity index is 1500. The molecule has 0 radical (unpaired) electrons. The lowest BCUT2D eigenvalue weighted by molar-refractivity contribution is -0.116. The molecule has 4 N–H and O–H groups in total. The molecule has 3 heterocycles. The number of nitrogens with two attached hydrogens (primary N) is 1. The molecule has 9 heteroatoms. The number of rotatable bonds is 6. The standard InChI is InChI=1S/C26H21FN7O/c27-19-7-3-2-6-18(19)23-17(11-15-5-1-4-8-21(15)34-23)13-31-25-22(24(29)32-14-33-25)20(28)12-16-9-10-30-26(16)35/h1-8,11-12,14H,9-10,13H2,(H,30,35)(H3,29,31,32,33)/q-1/b16-12-. The minimum Gasteiger partial charge on any atom is -0.803 e. The molecule has 2 aromatic heterocycles. The number of nitrogens with one attached hydrogen (secondary N) is 2. The van der Waals surface area contributed by atoms with E-state index in [1.165, 1.54) is 18.5 Å². The zero-order valence-corrected chi connectivity index (χ0v) is 18.6. The molecule has 2 aromatic carbocycles. The number of nitrogen functional groups attached to an aromatic ring is 1. The van der Waals surface area contributed by atoms with Crippen molar-refractivity contribution in [2.24, 2.45) is 0 Å². The highest BCUT2D eigenvalue weighted by molar-refractivity contribution is 6.19. The number of amides is 1. The first kappa shape index (κ1) is 22.1. The number of anilines is 2. The molecule has 1 amide bonds. The van der Waals surface area contributed by atoms with Gasteiger partial charge in [-0.2, -0.15) is 0 Å². The van der Waals surface area contributed by atoms with E-state index in [2.05, 4.69) is 20.6 Å². The second-order valence-electron chi connectivity index (χ2n) is 8.07. The van der Waals surface area contributed by atoms with Crippen LogP contribution in [0.2, 0.25) is 0 Å². The molecule has 0 atom stereocenters. The number of aromatic nitrogens is 3. The third-order valence-electron chi connectivity index (χ3n) is 5.79. The minimum atomic E-state index is -0.379. The van der Waals surface area contributed by atoms with Crippen LogP contribution >= 0.6 is 0 Å². The lowest BCUT2D eigenvalue weighted by atomic mass is 10.0. The highest BCUT2D eigenvalue weighted by Crippen LogP contribution is 2.29. The highest BCUT2D eigenvalue weighted by Gasteiger charge is 2.18. The molecule has 0 saturated carbocycles. The van der Waals surface area contributed by atoms with Gasteiger partial charge in [-0.05, 0) is 36.2 Å². The molecule has 1 aliphatic heterocycles. The zero-order valence-electron chi connectivity index (χ0n) is 18.6. The van der Waals surface area contributed by atoms with Crippen molar-refractivity contribution in [1.29, 1.82) is 0 Å². The summed E-state index contributed by atoms with van der Waals surface area (Å²) in [7, 11) is 0. The van der Waals surface area contributed by atoms with Crippen molar-refractivity contribution in [3.05, 3.63) is 94.9 Å². The van der Waals surface area contributed by atoms with Crippen LogP contribution in [0.1, 0.15) is 17.5 Å². The van der Waals surface area contributed by atoms with Crippen molar-refractivity contribution < 1.29 is 9.18 Å². The monoisotopic (exact) mass is 466 g/mol. The second kappa shape index (κ2) is 9.30. The Balaban J connectivity index is 1.52. The van der Waals surface area contributed by atoms with Crippen molar-refractivity contribution in [3.8, 4) is 11.3 Å². The number of carbonyl (C=O) groups excluding carboxylic acids is 1. The Morgan fingerprint density at radius 1 is 1.17 bits per heavy atom. The zero-order chi connectivity index (χ0) is 24.4. The number of hydrogen-bond acceptors (Lipinski definition) is 6. The van der Waals surface area contributed by atoms with Gasteiger partial charge in [-0.15, -0.1) is 5.71 Å². The molecule has 0 bridgehead atoms. The van der Waals surface area contributed by atoms with Gasteiger partial charge in [0.25, 0.3) is 0 Å².